The fourth-order valence-corrected chi connectivity index (χ4v) is 2.55. The lowest BCUT2D eigenvalue weighted by atomic mass is 10.0. The Balaban J connectivity index is 2.34. The highest BCUT2D eigenvalue weighted by Crippen LogP contribution is 2.16. The van der Waals surface area contributed by atoms with Crippen molar-refractivity contribution in [1.29, 1.82) is 0 Å². The zero-order valence-corrected chi connectivity index (χ0v) is 14.2. The van der Waals surface area contributed by atoms with Gasteiger partial charge in [0.25, 0.3) is 0 Å². The number of hydrogen-bond donors (Lipinski definition) is 0. The zero-order valence-electron chi connectivity index (χ0n) is 14.2. The largest absolute Gasteiger partial charge is 0.459 e. The second kappa shape index (κ2) is 12.2. The van der Waals surface area contributed by atoms with Crippen molar-refractivity contribution in [2.24, 2.45) is 0 Å². The van der Waals surface area contributed by atoms with Gasteiger partial charge in [-0.15, -0.1) is 0 Å². The minimum Gasteiger partial charge on any atom is -0.459 e. The van der Waals surface area contributed by atoms with Crippen LogP contribution < -0.4 is 0 Å². The number of unbranched alkanes of at least 4 members (excludes halogenated alkanes) is 6. The Morgan fingerprint density at radius 3 is 2.23 bits per heavy atom. The smallest absolute Gasteiger partial charge is 0.338 e. The molecule has 0 fully saturated rings. The topological polar surface area (TPSA) is 39.2 Å². The van der Waals surface area contributed by atoms with E-state index in [0.29, 0.717) is 5.56 Å². The summed E-state index contributed by atoms with van der Waals surface area (Å²) in [5.74, 6) is -0.213. The summed E-state index contributed by atoms with van der Waals surface area (Å²) < 4.78 is 5.70. The van der Waals surface area contributed by atoms with Crippen LogP contribution in [-0.2, 0) is 4.74 Å². The molecule has 0 aliphatic carbocycles. The highest BCUT2D eigenvalue weighted by Gasteiger charge is 2.15. The summed E-state index contributed by atoms with van der Waals surface area (Å²) >= 11 is 0. The first-order valence-corrected chi connectivity index (χ1v) is 8.89. The first-order valence-electron chi connectivity index (χ1n) is 8.89. The number of aromatic nitrogens is 1. The van der Waals surface area contributed by atoms with Gasteiger partial charge in [0.15, 0.2) is 0 Å². The van der Waals surface area contributed by atoms with Crippen LogP contribution in [0.3, 0.4) is 0 Å². The Bertz CT molecular complexity index is 392. The van der Waals surface area contributed by atoms with Gasteiger partial charge in [0.2, 0.25) is 0 Å². The molecule has 1 aromatic rings. The lowest BCUT2D eigenvalue weighted by Gasteiger charge is -2.17. The van der Waals surface area contributed by atoms with E-state index in [4.69, 9.17) is 4.74 Å². The van der Waals surface area contributed by atoms with Crippen molar-refractivity contribution in [3.05, 3.63) is 30.1 Å². The molecule has 0 aliphatic heterocycles. The van der Waals surface area contributed by atoms with Crippen LogP contribution in [0.2, 0.25) is 0 Å². The second-order valence-electron chi connectivity index (χ2n) is 5.96. The lowest BCUT2D eigenvalue weighted by molar-refractivity contribution is 0.0250. The minimum atomic E-state index is -0.213. The van der Waals surface area contributed by atoms with E-state index in [-0.39, 0.29) is 12.1 Å². The van der Waals surface area contributed by atoms with Crippen LogP contribution in [-0.4, -0.2) is 17.1 Å². The molecule has 124 valence electrons. The number of pyridine rings is 1. The molecule has 0 aromatic carbocycles. The van der Waals surface area contributed by atoms with Crippen molar-refractivity contribution in [2.75, 3.05) is 0 Å². The summed E-state index contributed by atoms with van der Waals surface area (Å²) in [6.45, 7) is 4.41. The van der Waals surface area contributed by atoms with Gasteiger partial charge in [-0.3, -0.25) is 4.98 Å². The van der Waals surface area contributed by atoms with Crippen LogP contribution in [0.4, 0.5) is 0 Å². The quantitative estimate of drug-likeness (QED) is 0.375. The van der Waals surface area contributed by atoms with Crippen molar-refractivity contribution < 1.29 is 9.53 Å². The molecular formula is C19H31NO2. The number of ether oxygens (including phenoxy) is 1. The minimum absolute atomic E-state index is 0.0618. The first kappa shape index (κ1) is 18.7. The summed E-state index contributed by atoms with van der Waals surface area (Å²) in [5.41, 5.74) is 0.597. The molecule has 0 radical (unpaired) electrons. The molecule has 1 atom stereocenters. The van der Waals surface area contributed by atoms with Crippen molar-refractivity contribution in [3.63, 3.8) is 0 Å². The van der Waals surface area contributed by atoms with Gasteiger partial charge in [-0.05, 0) is 31.4 Å². The fraction of sp³-hybridized carbons (Fsp3) is 0.684. The summed E-state index contributed by atoms with van der Waals surface area (Å²) in [6.07, 6.45) is 15.2. The van der Waals surface area contributed by atoms with Gasteiger partial charge in [0.1, 0.15) is 6.10 Å². The van der Waals surface area contributed by atoms with Gasteiger partial charge in [-0.2, -0.15) is 0 Å². The predicted molar refractivity (Wildman–Crippen MR) is 91.0 cm³/mol. The maximum absolute atomic E-state index is 12.1. The molecule has 1 aromatic heterocycles. The highest BCUT2D eigenvalue weighted by molar-refractivity contribution is 5.89. The van der Waals surface area contributed by atoms with Crippen LogP contribution in [0.15, 0.2) is 24.5 Å². The summed E-state index contributed by atoms with van der Waals surface area (Å²) in [5, 5.41) is 0. The SMILES string of the molecule is CCCCCCCCC(CCCC)OC(=O)c1ccncc1. The van der Waals surface area contributed by atoms with E-state index in [2.05, 4.69) is 18.8 Å². The maximum Gasteiger partial charge on any atom is 0.338 e. The molecule has 0 spiro atoms. The van der Waals surface area contributed by atoms with E-state index in [0.717, 1.165) is 32.1 Å². The van der Waals surface area contributed by atoms with Crippen molar-refractivity contribution in [2.45, 2.75) is 84.2 Å². The van der Waals surface area contributed by atoms with Crippen molar-refractivity contribution in [3.8, 4) is 0 Å². The Labute approximate surface area is 135 Å². The third-order valence-electron chi connectivity index (χ3n) is 3.95. The molecular weight excluding hydrogens is 274 g/mol. The maximum atomic E-state index is 12.1. The Hall–Kier alpha value is -1.38. The van der Waals surface area contributed by atoms with E-state index in [1.54, 1.807) is 24.5 Å². The standard InChI is InChI=1S/C19H31NO2/c1-3-5-7-8-9-10-12-18(11-6-4-2)22-19(21)17-13-15-20-16-14-17/h13-16,18H,3-12H2,1-2H3. The van der Waals surface area contributed by atoms with Gasteiger partial charge in [0, 0.05) is 12.4 Å². The number of hydrogen-bond acceptors (Lipinski definition) is 3. The molecule has 0 bridgehead atoms. The first-order chi connectivity index (χ1) is 10.8. The Morgan fingerprint density at radius 2 is 1.55 bits per heavy atom. The molecule has 0 saturated carbocycles. The fourth-order valence-electron chi connectivity index (χ4n) is 2.55. The number of nitrogens with zero attached hydrogens (tertiary/aromatic N) is 1. The Morgan fingerprint density at radius 1 is 0.955 bits per heavy atom. The lowest BCUT2D eigenvalue weighted by Crippen LogP contribution is -2.18. The van der Waals surface area contributed by atoms with Crippen LogP contribution in [0.25, 0.3) is 0 Å². The molecule has 22 heavy (non-hydrogen) atoms. The van der Waals surface area contributed by atoms with Crippen molar-refractivity contribution >= 4 is 5.97 Å². The van der Waals surface area contributed by atoms with E-state index in [1.807, 2.05) is 0 Å². The summed E-state index contributed by atoms with van der Waals surface area (Å²) in [6, 6.07) is 3.42. The predicted octanol–water partition coefficient (Wildman–Crippen LogP) is 5.55. The molecule has 3 heteroatoms. The van der Waals surface area contributed by atoms with Gasteiger partial charge >= 0.3 is 5.97 Å². The van der Waals surface area contributed by atoms with Gasteiger partial charge in [0.05, 0.1) is 5.56 Å². The number of carbonyl (C=O) groups excluding carboxylic acids is 1. The third-order valence-corrected chi connectivity index (χ3v) is 3.95. The molecule has 0 aliphatic rings. The molecule has 1 rings (SSSR count). The van der Waals surface area contributed by atoms with Gasteiger partial charge in [-0.25, -0.2) is 4.79 Å². The molecule has 1 heterocycles. The molecule has 0 amide bonds. The third kappa shape index (κ3) is 8.16. The number of rotatable bonds is 12. The van der Waals surface area contributed by atoms with Crippen LogP contribution in [0.1, 0.15) is 88.4 Å². The van der Waals surface area contributed by atoms with Crippen LogP contribution in [0, 0.1) is 0 Å². The normalized spacial score (nSPS) is 12.1. The monoisotopic (exact) mass is 305 g/mol. The van der Waals surface area contributed by atoms with Crippen LogP contribution in [0.5, 0.6) is 0 Å². The van der Waals surface area contributed by atoms with E-state index in [9.17, 15) is 4.79 Å². The Kier molecular flexibility index (Phi) is 10.3. The van der Waals surface area contributed by atoms with E-state index in [1.165, 1.54) is 32.1 Å². The van der Waals surface area contributed by atoms with E-state index < -0.39 is 0 Å². The van der Waals surface area contributed by atoms with Gasteiger partial charge in [-0.1, -0.05) is 58.8 Å². The van der Waals surface area contributed by atoms with Crippen LogP contribution >= 0.6 is 0 Å². The van der Waals surface area contributed by atoms with E-state index >= 15 is 0 Å². The molecule has 0 N–H and O–H groups in total. The molecule has 0 saturated heterocycles. The second-order valence-corrected chi connectivity index (χ2v) is 5.96. The molecule has 1 unspecified atom stereocenters. The molecule has 3 nitrogen and oxygen atoms in total. The zero-order chi connectivity index (χ0) is 16.0. The average Bonchev–Trinajstić information content (AvgIpc) is 2.56. The number of carbonyl (C=O) groups is 1. The number of esters is 1. The summed E-state index contributed by atoms with van der Waals surface area (Å²) in [4.78, 5) is 16.1. The average molecular weight is 305 g/mol. The van der Waals surface area contributed by atoms with Crippen molar-refractivity contribution in [1.82, 2.24) is 4.98 Å². The highest BCUT2D eigenvalue weighted by atomic mass is 16.5. The van der Waals surface area contributed by atoms with Gasteiger partial charge < -0.3 is 4.74 Å². The summed E-state index contributed by atoms with van der Waals surface area (Å²) in [7, 11) is 0.